The predicted molar refractivity (Wildman–Crippen MR) is 84.3 cm³/mol. The molecule has 1 aliphatic rings. The van der Waals surface area contributed by atoms with Gasteiger partial charge in [-0.1, -0.05) is 5.16 Å². The van der Waals surface area contributed by atoms with Gasteiger partial charge in [0.2, 0.25) is 5.95 Å². The number of rotatable bonds is 4. The zero-order valence-electron chi connectivity index (χ0n) is 13.3. The van der Waals surface area contributed by atoms with Crippen LogP contribution in [0.1, 0.15) is 12.7 Å². The average molecular weight is 317 g/mol. The molecule has 0 spiro atoms. The van der Waals surface area contributed by atoms with Gasteiger partial charge in [-0.05, 0) is 19.9 Å². The minimum absolute atomic E-state index is 0.0438. The summed E-state index contributed by atoms with van der Waals surface area (Å²) in [5.74, 6) is 1.85. The molecule has 0 saturated carbocycles. The Morgan fingerprint density at radius 2 is 2.04 bits per heavy atom. The zero-order valence-corrected chi connectivity index (χ0v) is 13.3. The zero-order chi connectivity index (χ0) is 16.2. The molecule has 0 aromatic carbocycles. The molecule has 1 aliphatic heterocycles. The molecule has 3 heterocycles. The molecular weight excluding hydrogens is 296 g/mol. The number of piperazine rings is 1. The fourth-order valence-corrected chi connectivity index (χ4v) is 2.73. The SMILES string of the molecule is Cc1cc(NC(=O)[C@H](C)[NH+]2CCN(c3ncccn3)CC2)no1. The molecule has 0 unspecified atom stereocenters. The number of aryl methyl sites for hydroxylation is 1. The number of hydrogen-bond donors (Lipinski definition) is 2. The summed E-state index contributed by atoms with van der Waals surface area (Å²) >= 11 is 0. The highest BCUT2D eigenvalue weighted by molar-refractivity contribution is 5.92. The van der Waals surface area contributed by atoms with Crippen molar-refractivity contribution >= 4 is 17.7 Å². The number of aromatic nitrogens is 3. The number of carbonyl (C=O) groups is 1. The van der Waals surface area contributed by atoms with Crippen LogP contribution in [0, 0.1) is 6.92 Å². The third-order valence-corrected chi connectivity index (χ3v) is 4.13. The minimum Gasteiger partial charge on any atom is -0.360 e. The van der Waals surface area contributed by atoms with E-state index in [0.29, 0.717) is 11.6 Å². The summed E-state index contributed by atoms with van der Waals surface area (Å²) in [5.41, 5.74) is 0. The lowest BCUT2D eigenvalue weighted by Gasteiger charge is -2.34. The Bertz CT molecular complexity index is 651. The van der Waals surface area contributed by atoms with E-state index in [1.165, 1.54) is 4.90 Å². The molecule has 1 fully saturated rings. The Kier molecular flexibility index (Phi) is 4.52. The van der Waals surface area contributed by atoms with E-state index in [4.69, 9.17) is 4.52 Å². The van der Waals surface area contributed by atoms with E-state index in [9.17, 15) is 4.79 Å². The fraction of sp³-hybridized carbons (Fsp3) is 0.467. The van der Waals surface area contributed by atoms with Gasteiger partial charge in [0, 0.05) is 18.5 Å². The van der Waals surface area contributed by atoms with Gasteiger partial charge in [-0.2, -0.15) is 0 Å². The van der Waals surface area contributed by atoms with Gasteiger partial charge in [-0.15, -0.1) is 0 Å². The quantitative estimate of drug-likeness (QED) is 0.791. The fourth-order valence-electron chi connectivity index (χ4n) is 2.73. The summed E-state index contributed by atoms with van der Waals surface area (Å²) in [6, 6.07) is 3.37. The highest BCUT2D eigenvalue weighted by atomic mass is 16.5. The minimum atomic E-state index is -0.147. The molecule has 1 saturated heterocycles. The van der Waals surface area contributed by atoms with Crippen molar-refractivity contribution in [2.45, 2.75) is 19.9 Å². The van der Waals surface area contributed by atoms with Crippen molar-refractivity contribution in [1.82, 2.24) is 15.1 Å². The van der Waals surface area contributed by atoms with Crippen LogP contribution in [-0.4, -0.2) is 53.3 Å². The van der Waals surface area contributed by atoms with Crippen LogP contribution in [-0.2, 0) is 4.79 Å². The third kappa shape index (κ3) is 3.65. The number of quaternary nitrogens is 1. The number of nitrogens with one attached hydrogen (secondary N) is 2. The molecule has 1 atom stereocenters. The molecule has 8 heteroatoms. The van der Waals surface area contributed by atoms with E-state index in [1.54, 1.807) is 25.4 Å². The molecule has 2 N–H and O–H groups in total. The highest BCUT2D eigenvalue weighted by Gasteiger charge is 2.30. The van der Waals surface area contributed by atoms with E-state index in [0.717, 1.165) is 32.1 Å². The summed E-state index contributed by atoms with van der Waals surface area (Å²) in [7, 11) is 0. The molecule has 0 bridgehead atoms. The van der Waals surface area contributed by atoms with E-state index in [2.05, 4.69) is 25.3 Å². The first-order chi connectivity index (χ1) is 11.1. The van der Waals surface area contributed by atoms with Crippen LogP contribution in [0.25, 0.3) is 0 Å². The molecule has 122 valence electrons. The van der Waals surface area contributed by atoms with E-state index in [1.807, 2.05) is 13.0 Å². The second-order valence-corrected chi connectivity index (χ2v) is 5.73. The maximum absolute atomic E-state index is 12.3. The molecule has 8 nitrogen and oxygen atoms in total. The van der Waals surface area contributed by atoms with Crippen molar-refractivity contribution in [3.63, 3.8) is 0 Å². The van der Waals surface area contributed by atoms with Crippen molar-refractivity contribution in [2.24, 2.45) is 0 Å². The topological polar surface area (TPSA) is 88.6 Å². The van der Waals surface area contributed by atoms with Crippen molar-refractivity contribution in [2.75, 3.05) is 36.4 Å². The molecule has 0 radical (unpaired) electrons. The monoisotopic (exact) mass is 317 g/mol. The summed E-state index contributed by atoms with van der Waals surface area (Å²) in [4.78, 5) is 24.3. The van der Waals surface area contributed by atoms with Gasteiger partial charge in [0.25, 0.3) is 5.91 Å². The van der Waals surface area contributed by atoms with E-state index < -0.39 is 0 Å². The molecule has 2 aromatic rings. The van der Waals surface area contributed by atoms with Crippen molar-refractivity contribution < 1.29 is 14.2 Å². The highest BCUT2D eigenvalue weighted by Crippen LogP contribution is 2.07. The molecule has 2 aromatic heterocycles. The predicted octanol–water partition coefficient (Wildman–Crippen LogP) is -0.495. The van der Waals surface area contributed by atoms with Gasteiger partial charge in [0.05, 0.1) is 26.2 Å². The Morgan fingerprint density at radius 1 is 1.35 bits per heavy atom. The number of anilines is 2. The second-order valence-electron chi connectivity index (χ2n) is 5.73. The Balaban J connectivity index is 1.53. The van der Waals surface area contributed by atoms with Crippen LogP contribution < -0.4 is 15.1 Å². The maximum Gasteiger partial charge on any atom is 0.283 e. The number of carbonyl (C=O) groups excluding carboxylic acids is 1. The Hall–Kier alpha value is -2.48. The molecule has 1 amide bonds. The maximum atomic E-state index is 12.3. The second kappa shape index (κ2) is 6.74. The van der Waals surface area contributed by atoms with Gasteiger partial charge < -0.3 is 19.6 Å². The Morgan fingerprint density at radius 3 is 2.65 bits per heavy atom. The van der Waals surface area contributed by atoms with Crippen LogP contribution >= 0.6 is 0 Å². The van der Waals surface area contributed by atoms with E-state index >= 15 is 0 Å². The summed E-state index contributed by atoms with van der Waals surface area (Å²) in [6.45, 7) is 7.13. The molecular formula is C15H21N6O2+. The third-order valence-electron chi connectivity index (χ3n) is 4.13. The van der Waals surface area contributed by atoms with Gasteiger partial charge in [0.15, 0.2) is 11.9 Å². The van der Waals surface area contributed by atoms with Crippen molar-refractivity contribution in [3.05, 3.63) is 30.3 Å². The normalized spacial score (nSPS) is 17.0. The smallest absolute Gasteiger partial charge is 0.283 e. The summed E-state index contributed by atoms with van der Waals surface area (Å²) < 4.78 is 4.96. The Labute approximate surface area is 134 Å². The van der Waals surface area contributed by atoms with Crippen LogP contribution in [0.3, 0.4) is 0 Å². The summed E-state index contributed by atoms with van der Waals surface area (Å²) in [5, 5.41) is 6.59. The van der Waals surface area contributed by atoms with Gasteiger partial charge >= 0.3 is 0 Å². The van der Waals surface area contributed by atoms with Crippen LogP contribution in [0.15, 0.2) is 29.0 Å². The van der Waals surface area contributed by atoms with Crippen LogP contribution in [0.2, 0.25) is 0 Å². The van der Waals surface area contributed by atoms with Gasteiger partial charge in [-0.25, -0.2) is 9.97 Å². The first kappa shape index (κ1) is 15.4. The largest absolute Gasteiger partial charge is 0.360 e. The number of hydrogen-bond acceptors (Lipinski definition) is 6. The summed E-state index contributed by atoms with van der Waals surface area (Å²) in [6.07, 6.45) is 3.50. The van der Waals surface area contributed by atoms with Crippen molar-refractivity contribution in [1.29, 1.82) is 0 Å². The average Bonchev–Trinajstić information content (AvgIpc) is 3.00. The van der Waals surface area contributed by atoms with Gasteiger partial charge in [-0.3, -0.25) is 4.79 Å². The number of amides is 1. The van der Waals surface area contributed by atoms with E-state index in [-0.39, 0.29) is 11.9 Å². The van der Waals surface area contributed by atoms with Crippen molar-refractivity contribution in [3.8, 4) is 0 Å². The molecule has 3 rings (SSSR count). The lowest BCUT2D eigenvalue weighted by Crippen LogP contribution is -3.19. The first-order valence-corrected chi connectivity index (χ1v) is 7.74. The standard InChI is InChI=1S/C15H20N6O2/c1-11-10-13(19-23-11)18-14(22)12(2)20-6-8-21(9-7-20)15-16-4-3-5-17-15/h3-5,10,12H,6-9H2,1-2H3,(H,18,19,22)/p+1/t12-/m0/s1. The van der Waals surface area contributed by atoms with Crippen LogP contribution in [0.4, 0.5) is 11.8 Å². The molecule has 0 aliphatic carbocycles. The lowest BCUT2D eigenvalue weighted by atomic mass is 10.2. The first-order valence-electron chi connectivity index (χ1n) is 7.74. The van der Waals surface area contributed by atoms with Crippen LogP contribution in [0.5, 0.6) is 0 Å². The van der Waals surface area contributed by atoms with Gasteiger partial charge in [0.1, 0.15) is 5.76 Å². The lowest BCUT2D eigenvalue weighted by molar-refractivity contribution is -0.914. The molecule has 23 heavy (non-hydrogen) atoms. The number of nitrogens with zero attached hydrogens (tertiary/aromatic N) is 4.